The monoisotopic (exact) mass is 170 g/mol. The first-order valence-corrected chi connectivity index (χ1v) is 3.59. The van der Waals surface area contributed by atoms with E-state index in [9.17, 15) is 9.59 Å². The zero-order valence-electron chi connectivity index (χ0n) is 7.63. The Balaban J connectivity index is 4.28. The van der Waals surface area contributed by atoms with E-state index in [2.05, 4.69) is 12.0 Å². The summed E-state index contributed by atoms with van der Waals surface area (Å²) in [5.74, 6) is -0.392. The van der Waals surface area contributed by atoms with E-state index in [1.807, 2.05) is 20.8 Å². The fourth-order valence-corrected chi connectivity index (χ4v) is 0.517. The number of hydrazine groups is 1. The molecule has 0 aromatic heterocycles. The summed E-state index contributed by atoms with van der Waals surface area (Å²) >= 11 is 0. The molecule has 0 aliphatic rings. The maximum absolute atomic E-state index is 10.8. The molecule has 0 saturated carbocycles. The molecule has 4 heteroatoms. The van der Waals surface area contributed by atoms with Crippen molar-refractivity contribution in [2.75, 3.05) is 0 Å². The number of carbonyl (C=O) groups is 2. The van der Waals surface area contributed by atoms with Crippen molar-refractivity contribution in [1.29, 1.82) is 0 Å². The molecule has 0 aromatic carbocycles. The second-order valence-corrected chi connectivity index (χ2v) is 3.33. The molecule has 0 aliphatic carbocycles. The van der Waals surface area contributed by atoms with E-state index in [1.54, 1.807) is 0 Å². The van der Waals surface area contributed by atoms with E-state index in [-0.39, 0.29) is 0 Å². The molecule has 1 N–H and O–H groups in total. The summed E-state index contributed by atoms with van der Waals surface area (Å²) in [6, 6.07) is 0. The van der Waals surface area contributed by atoms with Crippen molar-refractivity contribution >= 4 is 12.3 Å². The number of rotatable bonds is 3. The zero-order chi connectivity index (χ0) is 9.78. The highest BCUT2D eigenvalue weighted by Gasteiger charge is 2.20. The van der Waals surface area contributed by atoms with E-state index < -0.39 is 11.4 Å². The van der Waals surface area contributed by atoms with Gasteiger partial charge in [-0.15, -0.1) is 0 Å². The highest BCUT2D eigenvalue weighted by Crippen LogP contribution is 2.06. The SMILES string of the molecule is C=CC(=O)NN(C=O)C(C)(C)C. The second kappa shape index (κ2) is 3.90. The molecule has 68 valence electrons. The summed E-state index contributed by atoms with van der Waals surface area (Å²) < 4.78 is 0. The Hall–Kier alpha value is -1.32. The highest BCUT2D eigenvalue weighted by atomic mass is 16.2. The fraction of sp³-hybridized carbons (Fsp3) is 0.500. The molecule has 0 spiro atoms. The molecule has 4 nitrogen and oxygen atoms in total. The molecule has 0 unspecified atom stereocenters. The van der Waals surface area contributed by atoms with Crippen LogP contribution in [-0.2, 0) is 9.59 Å². The van der Waals surface area contributed by atoms with Crippen LogP contribution in [0.4, 0.5) is 0 Å². The van der Waals surface area contributed by atoms with Gasteiger partial charge in [0.05, 0.1) is 5.54 Å². The number of nitrogens with zero attached hydrogens (tertiary/aromatic N) is 1. The fourth-order valence-electron chi connectivity index (χ4n) is 0.517. The summed E-state index contributed by atoms with van der Waals surface area (Å²) in [5.41, 5.74) is 1.95. The van der Waals surface area contributed by atoms with Crippen LogP contribution in [-0.4, -0.2) is 22.9 Å². The molecular weight excluding hydrogens is 156 g/mol. The van der Waals surface area contributed by atoms with Gasteiger partial charge in [0, 0.05) is 0 Å². The van der Waals surface area contributed by atoms with Crippen LogP contribution in [0, 0.1) is 0 Å². The molecule has 0 saturated heterocycles. The summed E-state index contributed by atoms with van der Waals surface area (Å²) in [7, 11) is 0. The highest BCUT2D eigenvalue weighted by molar-refractivity contribution is 5.87. The number of hydrogen-bond donors (Lipinski definition) is 1. The molecule has 0 bridgehead atoms. The molecule has 0 atom stereocenters. The third-order valence-electron chi connectivity index (χ3n) is 1.24. The predicted molar refractivity (Wildman–Crippen MR) is 46.0 cm³/mol. The van der Waals surface area contributed by atoms with E-state index in [1.165, 1.54) is 5.01 Å². The van der Waals surface area contributed by atoms with Crippen molar-refractivity contribution in [3.63, 3.8) is 0 Å². The summed E-state index contributed by atoms with van der Waals surface area (Å²) in [6.45, 7) is 8.71. The van der Waals surface area contributed by atoms with Crippen LogP contribution in [0.3, 0.4) is 0 Å². The van der Waals surface area contributed by atoms with Gasteiger partial charge in [0.25, 0.3) is 5.91 Å². The van der Waals surface area contributed by atoms with Gasteiger partial charge < -0.3 is 0 Å². The van der Waals surface area contributed by atoms with Crippen LogP contribution in [0.2, 0.25) is 0 Å². The Bertz CT molecular complexity index is 194. The first-order chi connectivity index (χ1) is 5.41. The summed E-state index contributed by atoms with van der Waals surface area (Å²) in [5, 5.41) is 1.19. The smallest absolute Gasteiger partial charge is 0.261 e. The van der Waals surface area contributed by atoms with Gasteiger partial charge in [-0.2, -0.15) is 0 Å². The summed E-state index contributed by atoms with van der Waals surface area (Å²) in [4.78, 5) is 21.3. The first-order valence-electron chi connectivity index (χ1n) is 3.59. The maximum Gasteiger partial charge on any atom is 0.261 e. The molecule has 0 aromatic rings. The van der Waals surface area contributed by atoms with Gasteiger partial charge in [-0.1, -0.05) is 6.58 Å². The van der Waals surface area contributed by atoms with Crippen molar-refractivity contribution in [3.8, 4) is 0 Å². The van der Waals surface area contributed by atoms with Crippen molar-refractivity contribution in [1.82, 2.24) is 10.4 Å². The lowest BCUT2D eigenvalue weighted by molar-refractivity contribution is -0.135. The van der Waals surface area contributed by atoms with Crippen LogP contribution < -0.4 is 5.43 Å². The zero-order valence-corrected chi connectivity index (χ0v) is 7.63. The minimum atomic E-state index is -0.416. The molecule has 0 rings (SSSR count). The van der Waals surface area contributed by atoms with E-state index in [0.717, 1.165) is 6.08 Å². The predicted octanol–water partition coefficient (Wildman–Crippen LogP) is 0.460. The van der Waals surface area contributed by atoms with Gasteiger partial charge in [-0.3, -0.25) is 20.0 Å². The van der Waals surface area contributed by atoms with Gasteiger partial charge in [-0.25, -0.2) is 0 Å². The van der Waals surface area contributed by atoms with Crippen LogP contribution in [0.5, 0.6) is 0 Å². The van der Waals surface area contributed by atoms with Crippen LogP contribution in [0.15, 0.2) is 12.7 Å². The Morgan fingerprint density at radius 3 is 2.25 bits per heavy atom. The van der Waals surface area contributed by atoms with E-state index >= 15 is 0 Å². The van der Waals surface area contributed by atoms with Crippen LogP contribution >= 0.6 is 0 Å². The van der Waals surface area contributed by atoms with E-state index in [0.29, 0.717) is 6.41 Å². The van der Waals surface area contributed by atoms with Crippen molar-refractivity contribution in [2.45, 2.75) is 26.3 Å². The Morgan fingerprint density at radius 2 is 2.00 bits per heavy atom. The maximum atomic E-state index is 10.8. The number of amides is 2. The molecule has 12 heavy (non-hydrogen) atoms. The lowest BCUT2D eigenvalue weighted by atomic mass is 10.1. The van der Waals surface area contributed by atoms with Gasteiger partial charge in [0.15, 0.2) is 0 Å². The molecule has 0 radical (unpaired) electrons. The Kier molecular flexibility index (Phi) is 3.47. The third kappa shape index (κ3) is 3.18. The van der Waals surface area contributed by atoms with E-state index in [4.69, 9.17) is 0 Å². The normalized spacial score (nSPS) is 10.2. The van der Waals surface area contributed by atoms with Crippen molar-refractivity contribution in [2.24, 2.45) is 0 Å². The van der Waals surface area contributed by atoms with Gasteiger partial charge in [-0.05, 0) is 26.8 Å². The number of carbonyl (C=O) groups excluding carboxylic acids is 2. The number of nitrogens with one attached hydrogen (secondary N) is 1. The van der Waals surface area contributed by atoms with Gasteiger partial charge in [0.2, 0.25) is 6.41 Å². The van der Waals surface area contributed by atoms with Crippen molar-refractivity contribution < 1.29 is 9.59 Å². The largest absolute Gasteiger partial charge is 0.277 e. The molecular formula is C8H14N2O2. The minimum Gasteiger partial charge on any atom is -0.277 e. The van der Waals surface area contributed by atoms with Crippen LogP contribution in [0.25, 0.3) is 0 Å². The van der Waals surface area contributed by atoms with Crippen molar-refractivity contribution in [3.05, 3.63) is 12.7 Å². The quantitative estimate of drug-likeness (QED) is 0.380. The Labute approximate surface area is 72.2 Å². The second-order valence-electron chi connectivity index (χ2n) is 3.33. The molecule has 2 amide bonds. The molecule has 0 heterocycles. The topological polar surface area (TPSA) is 49.4 Å². The van der Waals surface area contributed by atoms with Gasteiger partial charge in [0.1, 0.15) is 0 Å². The number of hydrogen-bond acceptors (Lipinski definition) is 2. The third-order valence-corrected chi connectivity index (χ3v) is 1.24. The molecule has 0 aliphatic heterocycles. The average molecular weight is 170 g/mol. The summed E-state index contributed by atoms with van der Waals surface area (Å²) in [6.07, 6.45) is 1.68. The minimum absolute atomic E-state index is 0.392. The Morgan fingerprint density at radius 1 is 1.50 bits per heavy atom. The average Bonchev–Trinajstić information content (AvgIpc) is 1.97. The standard InChI is InChI=1S/C8H14N2O2/c1-5-7(12)9-10(6-11)8(2,3)4/h5-6H,1H2,2-4H3,(H,9,12). The lowest BCUT2D eigenvalue weighted by Crippen LogP contribution is -2.51. The first kappa shape index (κ1) is 10.7. The van der Waals surface area contributed by atoms with Gasteiger partial charge >= 0.3 is 0 Å². The molecule has 0 fully saturated rings. The lowest BCUT2D eigenvalue weighted by Gasteiger charge is -2.31. The van der Waals surface area contributed by atoms with Crippen LogP contribution in [0.1, 0.15) is 20.8 Å².